The van der Waals surface area contributed by atoms with Crippen molar-refractivity contribution in [2.24, 2.45) is 0 Å². The zero-order chi connectivity index (χ0) is 22.9. The van der Waals surface area contributed by atoms with E-state index in [0.717, 1.165) is 26.8 Å². The van der Waals surface area contributed by atoms with Crippen LogP contribution in [0, 0.1) is 0 Å². The normalized spacial score (nSPS) is 12.2. The lowest BCUT2D eigenvalue weighted by Gasteiger charge is -2.14. The second-order valence-electron chi connectivity index (χ2n) is 7.75. The predicted molar refractivity (Wildman–Crippen MR) is 122 cm³/mol. The second kappa shape index (κ2) is 8.23. The van der Waals surface area contributed by atoms with Crippen LogP contribution < -0.4 is 10.9 Å². The summed E-state index contributed by atoms with van der Waals surface area (Å²) in [5.74, 6) is -1.21. The van der Waals surface area contributed by atoms with Crippen molar-refractivity contribution in [1.29, 1.82) is 0 Å². The molecule has 2 N–H and O–H groups in total. The van der Waals surface area contributed by atoms with Gasteiger partial charge in [0.15, 0.2) is 0 Å². The molecule has 1 aromatic heterocycles. The number of rotatable bonds is 5. The number of nitrogens with one attached hydrogen (secondary N) is 1. The molecule has 0 saturated carbocycles. The van der Waals surface area contributed by atoms with E-state index in [4.69, 9.17) is 9.84 Å². The van der Waals surface area contributed by atoms with Crippen LogP contribution in [0.25, 0.3) is 22.0 Å². The van der Waals surface area contributed by atoms with Crippen molar-refractivity contribution in [2.75, 3.05) is 11.9 Å². The van der Waals surface area contributed by atoms with Gasteiger partial charge < -0.3 is 9.84 Å². The Kier molecular flexibility index (Phi) is 5.10. The number of ether oxygens (including phenoxy) is 1. The monoisotopic (exact) mass is 441 g/mol. The first-order valence-corrected chi connectivity index (χ1v) is 10.3. The Morgan fingerprint density at radius 2 is 1.67 bits per heavy atom. The topological polar surface area (TPSA) is 111 Å². The van der Waals surface area contributed by atoms with E-state index in [1.165, 1.54) is 12.4 Å². The molecule has 8 nitrogen and oxygen atoms in total. The Balaban J connectivity index is 1.33. The maximum absolute atomic E-state index is 12.6. The molecule has 0 atom stereocenters. The number of amides is 1. The Morgan fingerprint density at radius 3 is 2.33 bits per heavy atom. The van der Waals surface area contributed by atoms with Crippen LogP contribution in [0.4, 0.5) is 10.5 Å². The first-order chi connectivity index (χ1) is 16.0. The fourth-order valence-corrected chi connectivity index (χ4v) is 4.25. The van der Waals surface area contributed by atoms with Gasteiger partial charge in [-0.3, -0.25) is 19.5 Å². The largest absolute Gasteiger partial charge is 0.480 e. The van der Waals surface area contributed by atoms with Gasteiger partial charge in [-0.15, -0.1) is 0 Å². The van der Waals surface area contributed by atoms with Gasteiger partial charge in [0, 0.05) is 11.6 Å². The first-order valence-electron chi connectivity index (χ1n) is 10.3. The summed E-state index contributed by atoms with van der Waals surface area (Å²) in [5, 5.41) is 11.8. The van der Waals surface area contributed by atoms with E-state index in [1.54, 1.807) is 12.1 Å². The Bertz CT molecular complexity index is 1410. The van der Waals surface area contributed by atoms with E-state index < -0.39 is 24.2 Å². The summed E-state index contributed by atoms with van der Waals surface area (Å²) < 4.78 is 6.54. The first kappa shape index (κ1) is 20.4. The van der Waals surface area contributed by atoms with Crippen LogP contribution in [-0.2, 0) is 16.1 Å². The number of nitrogens with zero attached hydrogens (tertiary/aromatic N) is 2. The van der Waals surface area contributed by atoms with E-state index in [-0.39, 0.29) is 17.9 Å². The third-order valence-electron chi connectivity index (χ3n) is 5.72. The highest BCUT2D eigenvalue weighted by molar-refractivity contribution is 5.89. The number of carbonyl (C=O) groups excluding carboxylic acids is 1. The molecule has 164 valence electrons. The lowest BCUT2D eigenvalue weighted by Crippen LogP contribution is -2.24. The Hall–Kier alpha value is -4.46. The van der Waals surface area contributed by atoms with Crippen molar-refractivity contribution in [3.63, 3.8) is 0 Å². The van der Waals surface area contributed by atoms with Gasteiger partial charge in [0.2, 0.25) is 0 Å². The number of aliphatic carboxylic acids is 1. The molecule has 1 aliphatic rings. The number of hydrogen-bond acceptors (Lipinski definition) is 5. The van der Waals surface area contributed by atoms with Crippen LogP contribution in [0.5, 0.6) is 0 Å². The standard InChI is InChI=1S/C25H19N3O5/c29-23(30)12-28-14-26-22-10-9-15(11-20(22)24(28)31)27-25(32)33-13-21-18-7-3-1-5-16(18)17-6-2-4-8-19(17)21/h1-11,14,21H,12-13H2,(H,27,32)(H,29,30). The molecule has 0 spiro atoms. The SMILES string of the molecule is O=C(O)Cn1cnc2ccc(NC(=O)OCC3c4ccccc4-c4ccccc43)cc2c1=O. The van der Waals surface area contributed by atoms with Crippen LogP contribution in [0.15, 0.2) is 77.9 Å². The van der Waals surface area contributed by atoms with E-state index in [9.17, 15) is 14.4 Å². The van der Waals surface area contributed by atoms with Gasteiger partial charge in [-0.1, -0.05) is 48.5 Å². The van der Waals surface area contributed by atoms with E-state index >= 15 is 0 Å². The summed E-state index contributed by atoms with van der Waals surface area (Å²) in [7, 11) is 0. The minimum absolute atomic E-state index is 0.0628. The predicted octanol–water partition coefficient (Wildman–Crippen LogP) is 3.84. The highest BCUT2D eigenvalue weighted by atomic mass is 16.5. The van der Waals surface area contributed by atoms with Crippen LogP contribution in [0.1, 0.15) is 17.0 Å². The lowest BCUT2D eigenvalue weighted by molar-refractivity contribution is -0.137. The smallest absolute Gasteiger partial charge is 0.411 e. The van der Waals surface area contributed by atoms with Gasteiger partial charge in [0.25, 0.3) is 5.56 Å². The zero-order valence-corrected chi connectivity index (χ0v) is 17.4. The second-order valence-corrected chi connectivity index (χ2v) is 7.75. The Labute approximate surface area is 188 Å². The molecular weight excluding hydrogens is 422 g/mol. The van der Waals surface area contributed by atoms with Crippen LogP contribution in [0.2, 0.25) is 0 Å². The quantitative estimate of drug-likeness (QED) is 0.487. The number of anilines is 1. The van der Waals surface area contributed by atoms with E-state index in [0.29, 0.717) is 11.2 Å². The molecule has 33 heavy (non-hydrogen) atoms. The summed E-state index contributed by atoms with van der Waals surface area (Å²) in [6, 6.07) is 20.8. The van der Waals surface area contributed by atoms with Gasteiger partial charge >= 0.3 is 12.1 Å². The molecule has 0 bridgehead atoms. The fraction of sp³-hybridized carbons (Fsp3) is 0.120. The maximum Gasteiger partial charge on any atom is 0.411 e. The molecule has 5 rings (SSSR count). The number of carbonyl (C=O) groups is 2. The lowest BCUT2D eigenvalue weighted by atomic mass is 9.98. The van der Waals surface area contributed by atoms with Gasteiger partial charge in [0.1, 0.15) is 13.2 Å². The summed E-state index contributed by atoms with van der Waals surface area (Å²) in [4.78, 5) is 40.1. The molecular formula is C25H19N3O5. The highest BCUT2D eigenvalue weighted by Crippen LogP contribution is 2.44. The van der Waals surface area contributed by atoms with Crippen molar-refractivity contribution in [2.45, 2.75) is 12.5 Å². The number of benzene rings is 3. The molecule has 1 aliphatic carbocycles. The molecule has 0 fully saturated rings. The van der Waals surface area contributed by atoms with Crippen molar-refractivity contribution >= 4 is 28.7 Å². The summed E-state index contributed by atoms with van der Waals surface area (Å²) in [6.07, 6.45) is 0.545. The average molecular weight is 441 g/mol. The number of fused-ring (bicyclic) bond motifs is 4. The maximum atomic E-state index is 12.6. The van der Waals surface area contributed by atoms with Crippen molar-refractivity contribution < 1.29 is 19.4 Å². The fourth-order valence-electron chi connectivity index (χ4n) is 4.25. The molecule has 1 heterocycles. The van der Waals surface area contributed by atoms with Gasteiger partial charge in [-0.25, -0.2) is 9.78 Å². The van der Waals surface area contributed by atoms with E-state index in [1.807, 2.05) is 36.4 Å². The molecule has 8 heteroatoms. The van der Waals surface area contributed by atoms with Crippen molar-refractivity contribution in [1.82, 2.24) is 9.55 Å². The number of hydrogen-bond donors (Lipinski definition) is 2. The van der Waals surface area contributed by atoms with Gasteiger partial charge in [0.05, 0.1) is 17.2 Å². The molecule has 4 aromatic rings. The van der Waals surface area contributed by atoms with Gasteiger partial charge in [-0.05, 0) is 40.5 Å². The number of carboxylic acid groups (broad SMARTS) is 1. The van der Waals surface area contributed by atoms with Crippen molar-refractivity contribution in [3.8, 4) is 11.1 Å². The molecule has 0 saturated heterocycles. The van der Waals surface area contributed by atoms with E-state index in [2.05, 4.69) is 22.4 Å². The number of aromatic nitrogens is 2. The van der Waals surface area contributed by atoms with Crippen LogP contribution in [-0.4, -0.2) is 33.3 Å². The molecule has 0 radical (unpaired) electrons. The number of carboxylic acids is 1. The molecule has 3 aromatic carbocycles. The van der Waals surface area contributed by atoms with Crippen LogP contribution >= 0.6 is 0 Å². The molecule has 0 aliphatic heterocycles. The van der Waals surface area contributed by atoms with Gasteiger partial charge in [-0.2, -0.15) is 0 Å². The van der Waals surface area contributed by atoms with Crippen LogP contribution in [0.3, 0.4) is 0 Å². The molecule has 1 amide bonds. The Morgan fingerprint density at radius 1 is 1.00 bits per heavy atom. The third-order valence-corrected chi connectivity index (χ3v) is 5.72. The summed E-state index contributed by atoms with van der Waals surface area (Å²) in [6.45, 7) is -0.327. The zero-order valence-electron chi connectivity index (χ0n) is 17.4. The minimum atomic E-state index is -1.15. The highest BCUT2D eigenvalue weighted by Gasteiger charge is 2.29. The molecule has 0 unspecified atom stereocenters. The van der Waals surface area contributed by atoms with Crippen molar-refractivity contribution in [3.05, 3.63) is 94.5 Å². The summed E-state index contributed by atoms with van der Waals surface area (Å²) >= 11 is 0. The average Bonchev–Trinajstić information content (AvgIpc) is 3.13. The minimum Gasteiger partial charge on any atom is -0.480 e. The third kappa shape index (κ3) is 3.82. The summed E-state index contributed by atoms with van der Waals surface area (Å²) in [5.41, 5.74) is 4.76.